The third-order valence-electron chi connectivity index (χ3n) is 5.83. The molecule has 0 N–H and O–H groups in total. The van der Waals surface area contributed by atoms with Crippen LogP contribution in [0.15, 0.2) is 0 Å². The Hall–Kier alpha value is -0.120. The zero-order valence-electron chi connectivity index (χ0n) is 16.8. The molecule has 0 amide bonds. The average Bonchev–Trinajstić information content (AvgIpc) is 2.65. The van der Waals surface area contributed by atoms with E-state index < -0.39 is 0 Å². The number of rotatable bonds is 12. The summed E-state index contributed by atoms with van der Waals surface area (Å²) in [6, 6.07) is 0. The average molecular weight is 355 g/mol. The highest BCUT2D eigenvalue weighted by atomic mass is 16.5. The van der Waals surface area contributed by atoms with Crippen molar-refractivity contribution < 1.29 is 14.2 Å². The van der Waals surface area contributed by atoms with E-state index in [1.807, 2.05) is 0 Å². The van der Waals surface area contributed by atoms with Crippen LogP contribution in [0.25, 0.3) is 0 Å². The molecule has 2 fully saturated rings. The van der Waals surface area contributed by atoms with Crippen molar-refractivity contribution in [3.63, 3.8) is 0 Å². The second-order valence-corrected chi connectivity index (χ2v) is 8.09. The molecular formula is C22H42O3. The molecule has 0 heterocycles. The molecule has 0 saturated heterocycles. The Bertz CT molecular complexity index is 274. The summed E-state index contributed by atoms with van der Waals surface area (Å²) in [4.78, 5) is 0. The molecule has 0 spiro atoms. The van der Waals surface area contributed by atoms with Gasteiger partial charge in [-0.25, -0.2) is 0 Å². The van der Waals surface area contributed by atoms with E-state index in [1.54, 1.807) is 0 Å². The molecule has 3 nitrogen and oxygen atoms in total. The lowest BCUT2D eigenvalue weighted by Crippen LogP contribution is -2.33. The Labute approximate surface area is 156 Å². The molecule has 25 heavy (non-hydrogen) atoms. The van der Waals surface area contributed by atoms with Gasteiger partial charge >= 0.3 is 0 Å². The first-order chi connectivity index (χ1) is 12.3. The van der Waals surface area contributed by atoms with Gasteiger partial charge in [-0.2, -0.15) is 0 Å². The first-order valence-electron chi connectivity index (χ1n) is 11.2. The van der Waals surface area contributed by atoms with Gasteiger partial charge in [-0.3, -0.25) is 0 Å². The second kappa shape index (κ2) is 13.1. The molecule has 3 heteroatoms. The van der Waals surface area contributed by atoms with Gasteiger partial charge < -0.3 is 14.2 Å². The Kier molecular flexibility index (Phi) is 11.1. The highest BCUT2D eigenvalue weighted by molar-refractivity contribution is 4.78. The molecule has 0 aromatic carbocycles. The van der Waals surface area contributed by atoms with E-state index in [2.05, 4.69) is 13.8 Å². The van der Waals surface area contributed by atoms with E-state index in [4.69, 9.17) is 14.2 Å². The van der Waals surface area contributed by atoms with Crippen LogP contribution in [0.5, 0.6) is 0 Å². The van der Waals surface area contributed by atoms with Crippen molar-refractivity contribution in [2.45, 2.75) is 128 Å². The molecule has 2 rings (SSSR count). The third kappa shape index (κ3) is 8.88. The molecule has 0 radical (unpaired) electrons. The van der Waals surface area contributed by atoms with Crippen molar-refractivity contribution in [3.8, 4) is 0 Å². The van der Waals surface area contributed by atoms with Crippen molar-refractivity contribution in [2.75, 3.05) is 13.2 Å². The fraction of sp³-hybridized carbons (Fsp3) is 1.00. The Balaban J connectivity index is 1.50. The molecule has 0 aromatic heterocycles. The van der Waals surface area contributed by atoms with Crippen LogP contribution in [0, 0.1) is 0 Å². The predicted molar refractivity (Wildman–Crippen MR) is 104 cm³/mol. The van der Waals surface area contributed by atoms with E-state index in [-0.39, 0.29) is 0 Å². The molecule has 2 saturated carbocycles. The normalized spacial score (nSPS) is 30.5. The fourth-order valence-electron chi connectivity index (χ4n) is 4.15. The molecule has 148 valence electrons. The van der Waals surface area contributed by atoms with Gasteiger partial charge in [-0.15, -0.1) is 0 Å². The standard InChI is InChI=1S/C22H42O3/c1-3-5-7-17-23-19-9-13-21(14-10-19)25-22-15-11-20(12-16-22)24-18-8-6-4-2/h19-22H,3-18H2,1-2H3. The minimum absolute atomic E-state index is 0.475. The summed E-state index contributed by atoms with van der Waals surface area (Å²) in [5.74, 6) is 0. The molecule has 2 aliphatic carbocycles. The smallest absolute Gasteiger partial charge is 0.0580 e. The van der Waals surface area contributed by atoms with E-state index >= 15 is 0 Å². The molecule has 0 aliphatic heterocycles. The van der Waals surface area contributed by atoms with Crippen LogP contribution in [0.1, 0.15) is 104 Å². The summed E-state index contributed by atoms with van der Waals surface area (Å²) in [7, 11) is 0. The quantitative estimate of drug-likeness (QED) is 0.400. The van der Waals surface area contributed by atoms with Crippen molar-refractivity contribution in [1.29, 1.82) is 0 Å². The van der Waals surface area contributed by atoms with Crippen molar-refractivity contribution in [1.82, 2.24) is 0 Å². The number of hydrogen-bond donors (Lipinski definition) is 0. The number of unbranched alkanes of at least 4 members (excludes halogenated alkanes) is 4. The summed E-state index contributed by atoms with van der Waals surface area (Å²) in [5.41, 5.74) is 0. The van der Waals surface area contributed by atoms with Crippen LogP contribution in [0.3, 0.4) is 0 Å². The Morgan fingerprint density at radius 2 is 0.880 bits per heavy atom. The Morgan fingerprint density at radius 3 is 1.24 bits per heavy atom. The van der Waals surface area contributed by atoms with E-state index in [0.717, 1.165) is 13.2 Å². The summed E-state index contributed by atoms with van der Waals surface area (Å²) in [5, 5.41) is 0. The monoisotopic (exact) mass is 354 g/mol. The molecule has 0 bridgehead atoms. The fourth-order valence-corrected chi connectivity index (χ4v) is 4.15. The summed E-state index contributed by atoms with van der Waals surface area (Å²) in [6.45, 7) is 6.39. The van der Waals surface area contributed by atoms with E-state index in [0.29, 0.717) is 24.4 Å². The summed E-state index contributed by atoms with van der Waals surface area (Å²) < 4.78 is 18.4. The van der Waals surface area contributed by atoms with Gasteiger partial charge in [0.05, 0.1) is 24.4 Å². The molecule has 0 unspecified atom stereocenters. The van der Waals surface area contributed by atoms with Gasteiger partial charge in [0.15, 0.2) is 0 Å². The van der Waals surface area contributed by atoms with Crippen LogP contribution < -0.4 is 0 Å². The summed E-state index contributed by atoms with van der Waals surface area (Å²) in [6.07, 6.45) is 19.0. The van der Waals surface area contributed by atoms with Gasteiger partial charge in [0.1, 0.15) is 0 Å². The number of hydrogen-bond acceptors (Lipinski definition) is 3. The molecule has 0 atom stereocenters. The van der Waals surface area contributed by atoms with Gasteiger partial charge in [0, 0.05) is 13.2 Å². The maximum atomic E-state index is 6.40. The topological polar surface area (TPSA) is 27.7 Å². The predicted octanol–water partition coefficient (Wildman–Crippen LogP) is 6.04. The summed E-state index contributed by atoms with van der Waals surface area (Å²) >= 11 is 0. The van der Waals surface area contributed by atoms with Crippen LogP contribution >= 0.6 is 0 Å². The lowest BCUT2D eigenvalue weighted by Gasteiger charge is -2.34. The van der Waals surface area contributed by atoms with E-state index in [9.17, 15) is 0 Å². The largest absolute Gasteiger partial charge is 0.378 e. The van der Waals surface area contributed by atoms with Gasteiger partial charge in [0.25, 0.3) is 0 Å². The highest BCUT2D eigenvalue weighted by Crippen LogP contribution is 2.29. The van der Waals surface area contributed by atoms with E-state index in [1.165, 1.54) is 89.9 Å². The lowest BCUT2D eigenvalue weighted by atomic mass is 9.92. The zero-order chi connectivity index (χ0) is 17.7. The molecule has 2 aliphatic rings. The highest BCUT2D eigenvalue weighted by Gasteiger charge is 2.27. The third-order valence-corrected chi connectivity index (χ3v) is 5.83. The minimum atomic E-state index is 0.475. The van der Waals surface area contributed by atoms with Gasteiger partial charge in [-0.1, -0.05) is 39.5 Å². The van der Waals surface area contributed by atoms with Crippen molar-refractivity contribution >= 4 is 0 Å². The maximum absolute atomic E-state index is 6.40. The second-order valence-electron chi connectivity index (χ2n) is 8.09. The van der Waals surface area contributed by atoms with Crippen LogP contribution in [-0.4, -0.2) is 37.6 Å². The zero-order valence-corrected chi connectivity index (χ0v) is 16.8. The van der Waals surface area contributed by atoms with Crippen molar-refractivity contribution in [2.24, 2.45) is 0 Å². The van der Waals surface area contributed by atoms with Gasteiger partial charge in [0.2, 0.25) is 0 Å². The lowest BCUT2D eigenvalue weighted by molar-refractivity contribution is -0.0879. The first kappa shape index (κ1) is 21.2. The Morgan fingerprint density at radius 1 is 0.520 bits per heavy atom. The van der Waals surface area contributed by atoms with Crippen LogP contribution in [0.4, 0.5) is 0 Å². The first-order valence-corrected chi connectivity index (χ1v) is 11.2. The SMILES string of the molecule is CCCCCOC1CCC(OC2CCC(OCCCCC)CC2)CC1. The maximum Gasteiger partial charge on any atom is 0.0580 e. The molecular weight excluding hydrogens is 312 g/mol. The van der Waals surface area contributed by atoms with Gasteiger partial charge in [-0.05, 0) is 64.2 Å². The molecule has 0 aromatic rings. The minimum Gasteiger partial charge on any atom is -0.378 e. The number of ether oxygens (including phenoxy) is 3. The van der Waals surface area contributed by atoms with Crippen molar-refractivity contribution in [3.05, 3.63) is 0 Å². The van der Waals surface area contributed by atoms with Crippen LogP contribution in [-0.2, 0) is 14.2 Å². The van der Waals surface area contributed by atoms with Crippen LogP contribution in [0.2, 0.25) is 0 Å².